The lowest BCUT2D eigenvalue weighted by atomic mass is 10.0. The maximum absolute atomic E-state index is 5.48. The van der Waals surface area contributed by atoms with E-state index in [-0.39, 0.29) is 0 Å². The van der Waals surface area contributed by atoms with Gasteiger partial charge in [0.2, 0.25) is 0 Å². The van der Waals surface area contributed by atoms with Crippen LogP contribution in [0.4, 0.5) is 0 Å². The lowest BCUT2D eigenvalue weighted by molar-refractivity contribution is 0.175. The van der Waals surface area contributed by atoms with Crippen LogP contribution >= 0.6 is 12.2 Å². The minimum absolute atomic E-state index is 0.759. The maximum atomic E-state index is 5.48. The first kappa shape index (κ1) is 16.9. The molecule has 4 heteroatoms. The fourth-order valence-electron chi connectivity index (χ4n) is 3.12. The van der Waals surface area contributed by atoms with Gasteiger partial charge in [0.25, 0.3) is 0 Å². The first-order chi connectivity index (χ1) is 11.6. The van der Waals surface area contributed by atoms with Gasteiger partial charge in [-0.05, 0) is 35.5 Å². The molecule has 1 heterocycles. The Kier molecular flexibility index (Phi) is 5.48. The summed E-state index contributed by atoms with van der Waals surface area (Å²) in [4.78, 5) is 4.78. The van der Waals surface area contributed by atoms with Crippen molar-refractivity contribution >= 4 is 28.1 Å². The number of fused-ring (bicyclic) bond motifs is 1. The number of piperazine rings is 1. The Morgan fingerprint density at radius 3 is 2.54 bits per heavy atom. The third-order valence-electron chi connectivity index (χ3n) is 4.47. The van der Waals surface area contributed by atoms with E-state index in [9.17, 15) is 0 Å². The number of nitrogens with one attached hydrogen (secondary N) is 1. The van der Waals surface area contributed by atoms with Crippen molar-refractivity contribution in [3.05, 3.63) is 60.2 Å². The molecule has 1 N–H and O–H groups in total. The smallest absolute Gasteiger partial charge is 0.169 e. The van der Waals surface area contributed by atoms with Crippen LogP contribution in [-0.4, -0.2) is 47.6 Å². The van der Waals surface area contributed by atoms with Crippen molar-refractivity contribution in [3.8, 4) is 0 Å². The Balaban J connectivity index is 1.57. The highest BCUT2D eigenvalue weighted by atomic mass is 32.1. The van der Waals surface area contributed by atoms with Crippen LogP contribution in [0.25, 0.3) is 10.8 Å². The minimum atomic E-state index is 0.759. The van der Waals surface area contributed by atoms with E-state index in [1.807, 2.05) is 6.92 Å². The molecule has 2 aromatic carbocycles. The summed E-state index contributed by atoms with van der Waals surface area (Å²) in [6.07, 6.45) is 0. The van der Waals surface area contributed by atoms with Crippen LogP contribution in [0.2, 0.25) is 0 Å². The van der Waals surface area contributed by atoms with E-state index in [0.717, 1.165) is 50.0 Å². The summed E-state index contributed by atoms with van der Waals surface area (Å²) < 4.78 is 0. The number of benzene rings is 2. The molecule has 1 aliphatic rings. The lowest BCUT2D eigenvalue weighted by Crippen LogP contribution is -2.51. The molecule has 0 aromatic heterocycles. The average molecular weight is 340 g/mol. The Hall–Kier alpha value is -1.91. The van der Waals surface area contributed by atoms with Gasteiger partial charge in [0.05, 0.1) is 0 Å². The van der Waals surface area contributed by atoms with Gasteiger partial charge in [-0.15, -0.1) is 0 Å². The van der Waals surface area contributed by atoms with Gasteiger partial charge < -0.3 is 10.2 Å². The lowest BCUT2D eigenvalue weighted by Gasteiger charge is -2.36. The highest BCUT2D eigenvalue weighted by Gasteiger charge is 2.19. The topological polar surface area (TPSA) is 18.5 Å². The molecule has 0 radical (unpaired) electrons. The summed E-state index contributed by atoms with van der Waals surface area (Å²) in [5.41, 5.74) is 2.51. The van der Waals surface area contributed by atoms with E-state index in [0.29, 0.717) is 0 Å². The van der Waals surface area contributed by atoms with E-state index in [4.69, 9.17) is 12.2 Å². The molecule has 0 spiro atoms. The summed E-state index contributed by atoms with van der Waals surface area (Å²) in [5.74, 6) is 0. The van der Waals surface area contributed by atoms with Crippen molar-refractivity contribution in [2.75, 3.05) is 32.7 Å². The molecule has 126 valence electrons. The normalized spacial score (nSPS) is 15.5. The molecule has 1 saturated heterocycles. The molecule has 3 rings (SSSR count). The van der Waals surface area contributed by atoms with Crippen LogP contribution in [-0.2, 0) is 6.54 Å². The monoisotopic (exact) mass is 339 g/mol. The summed E-state index contributed by atoms with van der Waals surface area (Å²) in [7, 11) is 0. The van der Waals surface area contributed by atoms with Crippen molar-refractivity contribution in [3.63, 3.8) is 0 Å². The minimum Gasteiger partial charge on any atom is -0.359 e. The van der Waals surface area contributed by atoms with Crippen molar-refractivity contribution in [2.45, 2.75) is 13.5 Å². The number of hydrogen-bond acceptors (Lipinski definition) is 2. The Morgan fingerprint density at radius 1 is 1.08 bits per heavy atom. The van der Waals surface area contributed by atoms with Gasteiger partial charge >= 0.3 is 0 Å². The predicted octanol–water partition coefficient (Wildman–Crippen LogP) is 3.41. The van der Waals surface area contributed by atoms with Crippen LogP contribution in [0.1, 0.15) is 12.5 Å². The quantitative estimate of drug-likeness (QED) is 0.679. The third kappa shape index (κ3) is 4.13. The van der Waals surface area contributed by atoms with Crippen LogP contribution < -0.4 is 5.32 Å². The zero-order valence-corrected chi connectivity index (χ0v) is 15.1. The Morgan fingerprint density at radius 2 is 1.79 bits per heavy atom. The van der Waals surface area contributed by atoms with Gasteiger partial charge in [-0.25, -0.2) is 0 Å². The molecular weight excluding hydrogens is 314 g/mol. The van der Waals surface area contributed by atoms with Gasteiger partial charge in [-0.1, -0.05) is 54.6 Å². The highest BCUT2D eigenvalue weighted by Crippen LogP contribution is 2.20. The molecule has 0 unspecified atom stereocenters. The molecule has 1 fully saturated rings. The van der Waals surface area contributed by atoms with Crippen molar-refractivity contribution < 1.29 is 0 Å². The second kappa shape index (κ2) is 7.77. The van der Waals surface area contributed by atoms with Crippen LogP contribution in [0.15, 0.2) is 54.6 Å². The first-order valence-electron chi connectivity index (χ1n) is 8.49. The van der Waals surface area contributed by atoms with Crippen molar-refractivity contribution in [1.29, 1.82) is 0 Å². The molecular formula is C20H25N3S. The zero-order valence-electron chi connectivity index (χ0n) is 14.3. The maximum Gasteiger partial charge on any atom is 0.169 e. The van der Waals surface area contributed by atoms with E-state index in [2.05, 4.69) is 64.2 Å². The Bertz CT molecular complexity index is 727. The molecule has 0 amide bonds. The van der Waals surface area contributed by atoms with Crippen LogP contribution in [0, 0.1) is 0 Å². The number of nitrogens with zero attached hydrogens (tertiary/aromatic N) is 2. The van der Waals surface area contributed by atoms with Gasteiger partial charge in [0, 0.05) is 39.3 Å². The Labute approximate surface area is 149 Å². The average Bonchev–Trinajstić information content (AvgIpc) is 2.60. The fourth-order valence-corrected chi connectivity index (χ4v) is 3.37. The SMILES string of the molecule is C=C(C)CNC(=S)N1CCN(Cc2cccc3ccccc23)CC1. The van der Waals surface area contributed by atoms with Gasteiger partial charge in [0.15, 0.2) is 5.11 Å². The molecule has 3 nitrogen and oxygen atoms in total. The molecule has 24 heavy (non-hydrogen) atoms. The molecule has 0 bridgehead atoms. The fraction of sp³-hybridized carbons (Fsp3) is 0.350. The standard InChI is InChI=1S/C20H25N3S/c1-16(2)14-21-20(24)23-12-10-22(11-13-23)15-18-8-5-7-17-6-3-4-9-19(17)18/h3-9H,1,10-15H2,2H3,(H,21,24). The predicted molar refractivity (Wildman–Crippen MR) is 106 cm³/mol. The summed E-state index contributed by atoms with van der Waals surface area (Å²) >= 11 is 5.48. The number of thiocarbonyl (C=S) groups is 1. The van der Waals surface area contributed by atoms with Crippen molar-refractivity contribution in [1.82, 2.24) is 15.1 Å². The summed E-state index contributed by atoms with van der Waals surface area (Å²) in [6.45, 7) is 11.7. The number of hydrogen-bond donors (Lipinski definition) is 1. The second-order valence-electron chi connectivity index (χ2n) is 6.52. The zero-order chi connectivity index (χ0) is 16.9. The van der Waals surface area contributed by atoms with E-state index in [1.54, 1.807) is 0 Å². The van der Waals surface area contributed by atoms with Gasteiger partial charge in [-0.2, -0.15) is 0 Å². The highest BCUT2D eigenvalue weighted by molar-refractivity contribution is 7.80. The first-order valence-corrected chi connectivity index (χ1v) is 8.90. The molecule has 0 atom stereocenters. The molecule has 2 aromatic rings. The van der Waals surface area contributed by atoms with Crippen LogP contribution in [0.5, 0.6) is 0 Å². The third-order valence-corrected chi connectivity index (χ3v) is 4.88. The molecule has 0 saturated carbocycles. The van der Waals surface area contributed by atoms with Gasteiger partial charge in [-0.3, -0.25) is 4.90 Å². The van der Waals surface area contributed by atoms with E-state index >= 15 is 0 Å². The molecule has 1 aliphatic heterocycles. The largest absolute Gasteiger partial charge is 0.359 e. The van der Waals surface area contributed by atoms with Gasteiger partial charge in [0.1, 0.15) is 0 Å². The van der Waals surface area contributed by atoms with Crippen LogP contribution in [0.3, 0.4) is 0 Å². The van der Waals surface area contributed by atoms with E-state index in [1.165, 1.54) is 16.3 Å². The van der Waals surface area contributed by atoms with Crippen molar-refractivity contribution in [2.24, 2.45) is 0 Å². The van der Waals surface area contributed by atoms with E-state index < -0.39 is 0 Å². The summed E-state index contributed by atoms with van der Waals surface area (Å²) in [6, 6.07) is 15.2. The molecule has 0 aliphatic carbocycles. The number of rotatable bonds is 4. The summed E-state index contributed by atoms with van der Waals surface area (Å²) in [5, 5.41) is 6.81. The second-order valence-corrected chi connectivity index (χ2v) is 6.90.